The lowest BCUT2D eigenvalue weighted by Crippen LogP contribution is -2.40. The van der Waals surface area contributed by atoms with E-state index < -0.39 is 30.4 Å². The van der Waals surface area contributed by atoms with Crippen molar-refractivity contribution in [1.29, 1.82) is 0 Å². The van der Waals surface area contributed by atoms with E-state index in [1.807, 2.05) is 0 Å². The van der Waals surface area contributed by atoms with Gasteiger partial charge in [-0.15, -0.1) is 0 Å². The van der Waals surface area contributed by atoms with Crippen molar-refractivity contribution >= 4 is 40.9 Å². The quantitative estimate of drug-likeness (QED) is 0.547. The van der Waals surface area contributed by atoms with Gasteiger partial charge in [-0.1, -0.05) is 35.9 Å². The third-order valence-corrected chi connectivity index (χ3v) is 4.05. The van der Waals surface area contributed by atoms with Crippen molar-refractivity contribution in [2.75, 3.05) is 11.9 Å². The minimum absolute atomic E-state index is 0.134. The second-order valence-corrected chi connectivity index (χ2v) is 6.38. The Balaban J connectivity index is 1.84. The minimum Gasteiger partial charge on any atom is -0.454 e. The topological polar surface area (TPSA) is 102 Å². The zero-order valence-corrected chi connectivity index (χ0v) is 16.1. The summed E-state index contributed by atoms with van der Waals surface area (Å²) < 4.78 is 4.92. The van der Waals surface area contributed by atoms with Gasteiger partial charge in [0.25, 0.3) is 11.8 Å². The number of hydrogen-bond acceptors (Lipinski definition) is 5. The standard InChI is InChI=1S/C20H19ClN2O5/c1-12(22-19(26)16-8-3-4-9-17(16)21)20(27)28-11-18(25)23-15-7-5-6-14(10-15)13(2)24/h3-10,12H,11H2,1-2H3,(H,22,26)(H,23,25)/t12-/m0/s1. The van der Waals surface area contributed by atoms with Crippen molar-refractivity contribution in [2.45, 2.75) is 19.9 Å². The molecule has 2 N–H and O–H groups in total. The highest BCUT2D eigenvalue weighted by molar-refractivity contribution is 6.33. The van der Waals surface area contributed by atoms with Crippen LogP contribution in [0.5, 0.6) is 0 Å². The molecule has 8 heteroatoms. The summed E-state index contributed by atoms with van der Waals surface area (Å²) in [5, 5.41) is 5.25. The SMILES string of the molecule is CC(=O)c1cccc(NC(=O)COC(=O)[C@H](C)NC(=O)c2ccccc2Cl)c1. The van der Waals surface area contributed by atoms with E-state index in [1.165, 1.54) is 26.0 Å². The van der Waals surface area contributed by atoms with E-state index in [9.17, 15) is 19.2 Å². The Labute approximate surface area is 167 Å². The van der Waals surface area contributed by atoms with Gasteiger partial charge in [-0.05, 0) is 38.1 Å². The van der Waals surface area contributed by atoms with Crippen LogP contribution in [0.15, 0.2) is 48.5 Å². The Bertz CT molecular complexity index is 913. The zero-order valence-electron chi connectivity index (χ0n) is 15.3. The second-order valence-electron chi connectivity index (χ2n) is 5.97. The normalized spacial score (nSPS) is 11.2. The summed E-state index contributed by atoms with van der Waals surface area (Å²) in [6.45, 7) is 2.32. The minimum atomic E-state index is -0.974. The van der Waals surface area contributed by atoms with E-state index in [1.54, 1.807) is 36.4 Å². The molecule has 146 valence electrons. The molecule has 2 rings (SSSR count). The van der Waals surface area contributed by atoms with Crippen LogP contribution in [-0.4, -0.2) is 36.2 Å². The molecule has 0 bridgehead atoms. The van der Waals surface area contributed by atoms with Gasteiger partial charge in [-0.25, -0.2) is 4.79 Å². The smallest absolute Gasteiger partial charge is 0.328 e. The van der Waals surface area contributed by atoms with Crippen molar-refractivity contribution in [2.24, 2.45) is 0 Å². The summed E-state index contributed by atoms with van der Waals surface area (Å²) in [5.74, 6) is -2.00. The number of ketones is 1. The predicted octanol–water partition coefficient (Wildman–Crippen LogP) is 2.84. The molecule has 0 radical (unpaired) electrons. The van der Waals surface area contributed by atoms with E-state index in [0.29, 0.717) is 11.3 Å². The summed E-state index contributed by atoms with van der Waals surface area (Å²) >= 11 is 5.94. The number of halogens is 1. The van der Waals surface area contributed by atoms with Crippen LogP contribution in [0.1, 0.15) is 34.6 Å². The maximum Gasteiger partial charge on any atom is 0.328 e. The number of carbonyl (C=O) groups excluding carboxylic acids is 4. The van der Waals surface area contributed by atoms with Crippen LogP contribution in [0, 0.1) is 0 Å². The molecule has 0 aromatic heterocycles. The van der Waals surface area contributed by atoms with Crippen molar-refractivity contribution in [3.63, 3.8) is 0 Å². The van der Waals surface area contributed by atoms with Gasteiger partial charge in [0.15, 0.2) is 12.4 Å². The molecule has 28 heavy (non-hydrogen) atoms. The highest BCUT2D eigenvalue weighted by Gasteiger charge is 2.20. The number of anilines is 1. The maximum atomic E-state index is 12.1. The van der Waals surface area contributed by atoms with E-state index in [2.05, 4.69) is 10.6 Å². The Morgan fingerprint density at radius 1 is 1.07 bits per heavy atom. The second kappa shape index (κ2) is 9.66. The fraction of sp³-hybridized carbons (Fsp3) is 0.200. The lowest BCUT2D eigenvalue weighted by molar-refractivity contribution is -0.148. The number of rotatable bonds is 7. The molecule has 2 aromatic rings. The molecule has 0 aliphatic rings. The first-order chi connectivity index (χ1) is 13.3. The summed E-state index contributed by atoms with van der Waals surface area (Å²) in [4.78, 5) is 47.4. The first-order valence-electron chi connectivity index (χ1n) is 8.41. The van der Waals surface area contributed by atoms with Crippen molar-refractivity contribution in [3.8, 4) is 0 Å². The van der Waals surface area contributed by atoms with Crippen LogP contribution in [-0.2, 0) is 14.3 Å². The Kier molecular flexibility index (Phi) is 7.28. The van der Waals surface area contributed by atoms with Crippen LogP contribution >= 0.6 is 11.6 Å². The lowest BCUT2D eigenvalue weighted by atomic mass is 10.1. The maximum absolute atomic E-state index is 12.1. The average molecular weight is 403 g/mol. The largest absolute Gasteiger partial charge is 0.454 e. The van der Waals surface area contributed by atoms with Gasteiger partial charge in [-0.3, -0.25) is 14.4 Å². The molecule has 0 aliphatic carbocycles. The van der Waals surface area contributed by atoms with E-state index in [-0.39, 0.29) is 16.4 Å². The monoisotopic (exact) mass is 402 g/mol. The summed E-state index contributed by atoms with van der Waals surface area (Å²) in [7, 11) is 0. The number of Topliss-reactive ketones (excluding diaryl/α,β-unsaturated/α-hetero) is 1. The van der Waals surface area contributed by atoms with Gasteiger partial charge < -0.3 is 15.4 Å². The van der Waals surface area contributed by atoms with Gasteiger partial charge >= 0.3 is 5.97 Å². The number of carbonyl (C=O) groups is 4. The number of amides is 2. The first kappa shape index (κ1) is 21.1. The number of esters is 1. The molecular weight excluding hydrogens is 384 g/mol. The number of ether oxygens (including phenoxy) is 1. The predicted molar refractivity (Wildman–Crippen MR) is 104 cm³/mol. The molecule has 0 spiro atoms. The fourth-order valence-corrected chi connectivity index (χ4v) is 2.47. The molecule has 0 saturated carbocycles. The summed E-state index contributed by atoms with van der Waals surface area (Å²) in [5.41, 5.74) is 1.09. The van der Waals surface area contributed by atoms with Gasteiger partial charge in [-0.2, -0.15) is 0 Å². The molecule has 0 unspecified atom stereocenters. The third-order valence-electron chi connectivity index (χ3n) is 3.72. The van der Waals surface area contributed by atoms with Gasteiger partial charge in [0.1, 0.15) is 6.04 Å². The number of benzene rings is 2. The lowest BCUT2D eigenvalue weighted by Gasteiger charge is -2.14. The molecule has 0 heterocycles. The Morgan fingerprint density at radius 2 is 1.79 bits per heavy atom. The van der Waals surface area contributed by atoms with Gasteiger partial charge in [0.05, 0.1) is 10.6 Å². The van der Waals surface area contributed by atoms with Crippen molar-refractivity contribution in [3.05, 3.63) is 64.7 Å². The van der Waals surface area contributed by atoms with Crippen LogP contribution in [0.4, 0.5) is 5.69 Å². The van der Waals surface area contributed by atoms with Crippen LogP contribution < -0.4 is 10.6 Å². The van der Waals surface area contributed by atoms with E-state index in [0.717, 1.165) is 0 Å². The molecule has 0 aliphatic heterocycles. The highest BCUT2D eigenvalue weighted by atomic mass is 35.5. The fourth-order valence-electron chi connectivity index (χ4n) is 2.25. The van der Waals surface area contributed by atoms with Gasteiger partial charge in [0.2, 0.25) is 0 Å². The van der Waals surface area contributed by atoms with Crippen LogP contribution in [0.25, 0.3) is 0 Å². The van der Waals surface area contributed by atoms with Crippen molar-refractivity contribution in [1.82, 2.24) is 5.32 Å². The van der Waals surface area contributed by atoms with E-state index in [4.69, 9.17) is 16.3 Å². The molecule has 0 saturated heterocycles. The molecular formula is C20H19ClN2O5. The van der Waals surface area contributed by atoms with E-state index >= 15 is 0 Å². The summed E-state index contributed by atoms with van der Waals surface area (Å²) in [6.07, 6.45) is 0. The van der Waals surface area contributed by atoms with Crippen molar-refractivity contribution < 1.29 is 23.9 Å². The number of hydrogen-bond donors (Lipinski definition) is 2. The first-order valence-corrected chi connectivity index (χ1v) is 8.78. The van der Waals surface area contributed by atoms with Gasteiger partial charge in [0, 0.05) is 11.3 Å². The Morgan fingerprint density at radius 3 is 2.46 bits per heavy atom. The molecule has 7 nitrogen and oxygen atoms in total. The molecule has 1 atom stereocenters. The zero-order chi connectivity index (χ0) is 20.7. The molecule has 2 aromatic carbocycles. The highest BCUT2D eigenvalue weighted by Crippen LogP contribution is 2.15. The van der Waals surface area contributed by atoms with Crippen LogP contribution in [0.3, 0.4) is 0 Å². The Hall–Kier alpha value is -3.19. The molecule has 0 fully saturated rings. The average Bonchev–Trinajstić information content (AvgIpc) is 2.66. The summed E-state index contributed by atoms with van der Waals surface area (Å²) in [6, 6.07) is 11.8. The molecule has 2 amide bonds. The van der Waals surface area contributed by atoms with Crippen LogP contribution in [0.2, 0.25) is 5.02 Å². The number of nitrogens with one attached hydrogen (secondary N) is 2. The third kappa shape index (κ3) is 5.92.